The van der Waals surface area contributed by atoms with Crippen molar-refractivity contribution >= 4 is 7.82 Å². The maximum atomic E-state index is 13.7. The minimum Gasteiger partial charge on any atom is -0.387 e. The Hall–Kier alpha value is -0.0900. The molecule has 0 amide bonds. The standard InChI is InChI=1S/C27H51O9P/c1-3-5-7-9-11-13-15-17-19-31-37(30,32-20-18-16-14-12-10-8-6-4-2)36-26-24-21(28)23-22(29)25(26)35-27(33-23)34-24/h21-29H,3-20H2,1-2H3/t21-,22+,23?,24+,25-,26?,27?. The highest BCUT2D eigenvalue weighted by Gasteiger charge is 2.63. The van der Waals surface area contributed by atoms with Gasteiger partial charge in [0.05, 0.1) is 13.2 Å². The van der Waals surface area contributed by atoms with Crippen LogP contribution in [0.2, 0.25) is 0 Å². The van der Waals surface area contributed by atoms with E-state index in [1.807, 2.05) is 0 Å². The van der Waals surface area contributed by atoms with E-state index in [0.717, 1.165) is 38.5 Å². The summed E-state index contributed by atoms with van der Waals surface area (Å²) < 4.78 is 47.5. The molecule has 4 fully saturated rings. The summed E-state index contributed by atoms with van der Waals surface area (Å²) in [7, 11) is -3.96. The third-order valence-corrected chi connectivity index (χ3v) is 9.04. The van der Waals surface area contributed by atoms with Gasteiger partial charge in [0.2, 0.25) is 0 Å². The summed E-state index contributed by atoms with van der Waals surface area (Å²) in [6.45, 7) is 3.97. The van der Waals surface area contributed by atoms with E-state index >= 15 is 0 Å². The van der Waals surface area contributed by atoms with Gasteiger partial charge in [0, 0.05) is 0 Å². The summed E-state index contributed by atoms with van der Waals surface area (Å²) in [6.07, 6.45) is 12.5. The van der Waals surface area contributed by atoms with Gasteiger partial charge in [-0.25, -0.2) is 4.57 Å². The van der Waals surface area contributed by atoms with E-state index < -0.39 is 50.9 Å². The largest absolute Gasteiger partial charge is 0.475 e. The van der Waals surface area contributed by atoms with Gasteiger partial charge in [0.15, 0.2) is 0 Å². The molecule has 4 bridgehead atoms. The van der Waals surface area contributed by atoms with Crippen LogP contribution in [-0.2, 0) is 32.3 Å². The lowest BCUT2D eigenvalue weighted by Crippen LogP contribution is -2.75. The van der Waals surface area contributed by atoms with Crippen LogP contribution in [0.5, 0.6) is 0 Å². The Labute approximate surface area is 223 Å². The summed E-state index contributed by atoms with van der Waals surface area (Å²) in [4.78, 5) is 0. The van der Waals surface area contributed by atoms with Gasteiger partial charge in [-0.3, -0.25) is 13.6 Å². The molecule has 10 heteroatoms. The molecule has 0 radical (unpaired) electrons. The van der Waals surface area contributed by atoms with E-state index in [2.05, 4.69) is 13.8 Å². The summed E-state index contributed by atoms with van der Waals surface area (Å²) in [5.74, 6) is 0. The molecule has 4 rings (SSSR count). The number of ether oxygens (including phenoxy) is 3. The molecule has 3 aliphatic heterocycles. The van der Waals surface area contributed by atoms with Crippen molar-refractivity contribution in [2.24, 2.45) is 0 Å². The monoisotopic (exact) mass is 550 g/mol. The first-order valence-electron chi connectivity index (χ1n) is 14.9. The average molecular weight is 551 g/mol. The number of aliphatic hydroxyl groups is 2. The molecular weight excluding hydrogens is 499 g/mol. The minimum absolute atomic E-state index is 0.257. The Morgan fingerprint density at radius 1 is 0.595 bits per heavy atom. The zero-order valence-electron chi connectivity index (χ0n) is 23.0. The van der Waals surface area contributed by atoms with Crippen LogP contribution in [-0.4, -0.2) is 66.5 Å². The zero-order valence-corrected chi connectivity index (χ0v) is 23.9. The van der Waals surface area contributed by atoms with Crippen LogP contribution < -0.4 is 0 Å². The summed E-state index contributed by atoms with van der Waals surface area (Å²) in [5, 5.41) is 21.1. The van der Waals surface area contributed by atoms with Gasteiger partial charge >= 0.3 is 7.82 Å². The second kappa shape index (κ2) is 16.9. The highest BCUT2D eigenvalue weighted by atomic mass is 31.2. The second-order valence-electron chi connectivity index (χ2n) is 10.7. The topological polar surface area (TPSA) is 113 Å². The lowest BCUT2D eigenvalue weighted by molar-refractivity contribution is -0.479. The molecule has 9 nitrogen and oxygen atoms in total. The summed E-state index contributed by atoms with van der Waals surface area (Å²) >= 11 is 0. The number of hydrogen-bond acceptors (Lipinski definition) is 9. The normalized spacial score (nSPS) is 30.9. The van der Waals surface area contributed by atoms with Crippen LogP contribution in [0.15, 0.2) is 0 Å². The van der Waals surface area contributed by atoms with E-state index in [4.69, 9.17) is 27.8 Å². The van der Waals surface area contributed by atoms with E-state index in [9.17, 15) is 14.8 Å². The van der Waals surface area contributed by atoms with Gasteiger partial charge < -0.3 is 24.4 Å². The molecule has 37 heavy (non-hydrogen) atoms. The molecule has 3 saturated heterocycles. The lowest BCUT2D eigenvalue weighted by atomic mass is 9.83. The van der Waals surface area contributed by atoms with Crippen LogP contribution in [0.4, 0.5) is 0 Å². The molecule has 218 valence electrons. The Morgan fingerprint density at radius 3 is 1.41 bits per heavy atom. The Balaban J connectivity index is 1.45. The highest BCUT2D eigenvalue weighted by molar-refractivity contribution is 7.48. The van der Waals surface area contributed by atoms with E-state index in [-0.39, 0.29) is 13.2 Å². The molecule has 0 spiro atoms. The number of phosphoric ester groups is 1. The molecule has 2 N–H and O–H groups in total. The van der Waals surface area contributed by atoms with Gasteiger partial charge in [0.25, 0.3) is 6.48 Å². The van der Waals surface area contributed by atoms with Gasteiger partial charge in [-0.05, 0) is 12.8 Å². The minimum atomic E-state index is -3.96. The number of phosphoric acid groups is 1. The van der Waals surface area contributed by atoms with Crippen molar-refractivity contribution in [2.45, 2.75) is 160 Å². The van der Waals surface area contributed by atoms with Gasteiger partial charge in [-0.15, -0.1) is 0 Å². The van der Waals surface area contributed by atoms with Crippen LogP contribution in [0.25, 0.3) is 0 Å². The molecule has 0 aromatic rings. The molecule has 4 aliphatic rings. The maximum absolute atomic E-state index is 13.7. The third kappa shape index (κ3) is 9.80. The van der Waals surface area contributed by atoms with Gasteiger partial charge in [-0.2, -0.15) is 0 Å². The van der Waals surface area contributed by atoms with Crippen molar-refractivity contribution in [1.29, 1.82) is 0 Å². The van der Waals surface area contributed by atoms with E-state index in [1.165, 1.54) is 64.2 Å². The number of hydrogen-bond donors (Lipinski definition) is 2. The molecule has 3 unspecified atom stereocenters. The van der Waals surface area contributed by atoms with Crippen molar-refractivity contribution in [3.8, 4) is 0 Å². The first-order valence-corrected chi connectivity index (χ1v) is 16.3. The Morgan fingerprint density at radius 2 is 0.973 bits per heavy atom. The van der Waals surface area contributed by atoms with E-state index in [1.54, 1.807) is 0 Å². The van der Waals surface area contributed by atoms with Gasteiger partial charge in [-0.1, -0.05) is 104 Å². The van der Waals surface area contributed by atoms with Gasteiger partial charge in [0.1, 0.15) is 36.6 Å². The summed E-state index contributed by atoms with van der Waals surface area (Å²) in [5.41, 5.74) is 0. The Kier molecular flexibility index (Phi) is 14.3. The van der Waals surface area contributed by atoms with Crippen LogP contribution in [0.1, 0.15) is 117 Å². The molecule has 0 aromatic heterocycles. The van der Waals surface area contributed by atoms with Crippen LogP contribution in [0, 0.1) is 0 Å². The highest BCUT2D eigenvalue weighted by Crippen LogP contribution is 2.54. The molecule has 3 heterocycles. The maximum Gasteiger partial charge on any atom is 0.475 e. The second-order valence-corrected chi connectivity index (χ2v) is 12.3. The number of unbranched alkanes of at least 4 members (excludes halogenated alkanes) is 14. The molecule has 1 aliphatic carbocycles. The fourth-order valence-corrected chi connectivity index (χ4v) is 6.74. The Bertz CT molecular complexity index is 620. The van der Waals surface area contributed by atoms with Crippen molar-refractivity contribution < 1.29 is 42.6 Å². The molecule has 1 saturated carbocycles. The van der Waals surface area contributed by atoms with Crippen molar-refractivity contribution in [2.75, 3.05) is 13.2 Å². The van der Waals surface area contributed by atoms with E-state index in [0.29, 0.717) is 0 Å². The number of rotatable bonds is 22. The van der Waals surface area contributed by atoms with Crippen LogP contribution in [0.3, 0.4) is 0 Å². The van der Waals surface area contributed by atoms with Crippen molar-refractivity contribution in [3.63, 3.8) is 0 Å². The third-order valence-electron chi connectivity index (χ3n) is 7.54. The van der Waals surface area contributed by atoms with Crippen molar-refractivity contribution in [1.82, 2.24) is 0 Å². The van der Waals surface area contributed by atoms with Crippen LogP contribution >= 0.6 is 7.82 Å². The molecule has 0 aromatic carbocycles. The smallest absolute Gasteiger partial charge is 0.387 e. The lowest BCUT2D eigenvalue weighted by Gasteiger charge is -2.56. The predicted molar refractivity (Wildman–Crippen MR) is 140 cm³/mol. The fraction of sp³-hybridized carbons (Fsp3) is 1.00. The number of aliphatic hydroxyl groups excluding tert-OH is 2. The fourth-order valence-electron chi connectivity index (χ4n) is 5.30. The predicted octanol–water partition coefficient (Wildman–Crippen LogP) is 6.00. The average Bonchev–Trinajstić information content (AvgIpc) is 2.89. The first-order chi connectivity index (χ1) is 18.0. The summed E-state index contributed by atoms with van der Waals surface area (Å²) in [6, 6.07) is 0. The zero-order chi connectivity index (χ0) is 26.5. The molecular formula is C27H51O9P. The first kappa shape index (κ1) is 31.4. The SMILES string of the molecule is CCCCCCCCCCOP(=O)(OCCCCCCCCCC)OC1[C@H]2OC3OC([C@H]2O)[C@H](O)[C@H]1O3. The quantitative estimate of drug-likeness (QED) is 0.124. The van der Waals surface area contributed by atoms with Crippen molar-refractivity contribution in [3.05, 3.63) is 0 Å². The molecule has 7 atom stereocenters.